The summed E-state index contributed by atoms with van der Waals surface area (Å²) in [6, 6.07) is 13.6. The van der Waals surface area contributed by atoms with Gasteiger partial charge in [0.15, 0.2) is 0 Å². The molecule has 6 rings (SSSR count). The summed E-state index contributed by atoms with van der Waals surface area (Å²) < 4.78 is 0. The number of unbranched alkanes of at least 4 members (excludes halogenated alkanes) is 1. The molecule has 354 valence electrons. The van der Waals surface area contributed by atoms with Gasteiger partial charge in [-0.2, -0.15) is 0 Å². The van der Waals surface area contributed by atoms with Gasteiger partial charge < -0.3 is 30.4 Å². The summed E-state index contributed by atoms with van der Waals surface area (Å²) in [6.07, 6.45) is 3.78. The lowest BCUT2D eigenvalue weighted by atomic mass is 9.85. The average molecular weight is 914 g/mol. The van der Waals surface area contributed by atoms with E-state index in [0.717, 1.165) is 99.0 Å². The Labute approximate surface area is 389 Å². The highest BCUT2D eigenvalue weighted by Gasteiger charge is 2.44. The van der Waals surface area contributed by atoms with E-state index < -0.39 is 29.5 Å². The zero-order valence-corrected chi connectivity index (χ0v) is 40.1. The minimum atomic E-state index is -0.908. The van der Waals surface area contributed by atoms with E-state index in [0.29, 0.717) is 30.7 Å². The fourth-order valence-corrected chi connectivity index (χ4v) is 9.86. The van der Waals surface area contributed by atoms with Crippen molar-refractivity contribution in [1.29, 1.82) is 0 Å². The van der Waals surface area contributed by atoms with Crippen LogP contribution in [0.2, 0.25) is 0 Å². The van der Waals surface area contributed by atoms with Crippen molar-refractivity contribution in [1.82, 2.24) is 41.2 Å². The van der Waals surface area contributed by atoms with Crippen molar-refractivity contribution in [2.75, 3.05) is 63.8 Å². The minimum absolute atomic E-state index is 0.00440. The molecule has 3 aliphatic heterocycles. The van der Waals surface area contributed by atoms with Crippen LogP contribution in [0, 0.1) is 18.3 Å². The number of hydrogen-bond acceptors (Lipinski definition) is 11. The van der Waals surface area contributed by atoms with Crippen LogP contribution in [0.25, 0.3) is 10.4 Å². The first-order valence-electron chi connectivity index (χ1n) is 23.6. The van der Waals surface area contributed by atoms with Gasteiger partial charge in [-0.05, 0) is 92.7 Å². The summed E-state index contributed by atoms with van der Waals surface area (Å²) in [5.41, 5.74) is 11.5. The van der Waals surface area contributed by atoms with E-state index in [2.05, 4.69) is 36.3 Å². The van der Waals surface area contributed by atoms with Crippen LogP contribution in [0.3, 0.4) is 0 Å². The largest absolute Gasteiger partial charge is 0.391 e. The monoisotopic (exact) mass is 914 g/mol. The summed E-state index contributed by atoms with van der Waals surface area (Å²) in [5, 5.41) is 16.6. The van der Waals surface area contributed by atoms with Gasteiger partial charge in [-0.3, -0.25) is 34.3 Å². The second-order valence-corrected chi connectivity index (χ2v) is 20.0. The van der Waals surface area contributed by atoms with Gasteiger partial charge in [-0.15, -0.1) is 11.3 Å². The first kappa shape index (κ1) is 49.5. The van der Waals surface area contributed by atoms with Gasteiger partial charge in [0, 0.05) is 89.4 Å². The highest BCUT2D eigenvalue weighted by atomic mass is 32.1. The zero-order valence-electron chi connectivity index (χ0n) is 39.2. The summed E-state index contributed by atoms with van der Waals surface area (Å²) in [4.78, 5) is 80.3. The lowest BCUT2D eigenvalue weighted by Gasteiger charge is -2.39. The number of nitrogens with one attached hydrogen (secondary N) is 4. The number of anilines is 1. The lowest BCUT2D eigenvalue weighted by molar-refractivity contribution is -0.144. The second-order valence-electron chi connectivity index (χ2n) is 19.1. The predicted octanol–water partition coefficient (Wildman–Crippen LogP) is 5.05. The number of rotatable bonds is 18. The van der Waals surface area contributed by atoms with Crippen LogP contribution in [0.5, 0.6) is 0 Å². The molecule has 1 aromatic heterocycles. The number of aryl methyl sites for hydroxylation is 1. The van der Waals surface area contributed by atoms with E-state index in [1.165, 1.54) is 4.90 Å². The van der Waals surface area contributed by atoms with E-state index in [-0.39, 0.29) is 49.1 Å². The van der Waals surface area contributed by atoms with Crippen molar-refractivity contribution in [2.24, 2.45) is 11.3 Å². The van der Waals surface area contributed by atoms with Crippen LogP contribution in [-0.2, 0) is 19.2 Å². The number of aliphatic hydroxyl groups excluding tert-OH is 1. The number of likely N-dealkylation sites (tertiary alicyclic amines) is 2. The van der Waals surface area contributed by atoms with Crippen LogP contribution in [-0.4, -0.2) is 131 Å². The number of aliphatic hydroxyl groups is 1. The third kappa shape index (κ3) is 13.6. The average Bonchev–Trinajstić information content (AvgIpc) is 3.92. The molecular weight excluding hydrogens is 843 g/mol. The number of thiazole rings is 1. The highest BCUT2D eigenvalue weighted by Crippen LogP contribution is 2.30. The third-order valence-corrected chi connectivity index (χ3v) is 14.0. The van der Waals surface area contributed by atoms with Crippen molar-refractivity contribution in [3.8, 4) is 10.4 Å². The molecule has 4 atom stereocenters. The number of hydrazine groups is 1. The van der Waals surface area contributed by atoms with Gasteiger partial charge in [0.05, 0.1) is 28.2 Å². The fourth-order valence-electron chi connectivity index (χ4n) is 9.05. The molecule has 3 saturated heterocycles. The predicted molar refractivity (Wildman–Crippen MR) is 255 cm³/mol. The van der Waals surface area contributed by atoms with Crippen LogP contribution in [0.15, 0.2) is 54.0 Å². The molecule has 5 amide bonds. The van der Waals surface area contributed by atoms with Crippen molar-refractivity contribution in [3.63, 3.8) is 0 Å². The molecule has 0 unspecified atom stereocenters. The molecule has 2 aromatic carbocycles. The van der Waals surface area contributed by atoms with E-state index in [1.807, 2.05) is 100 Å². The summed E-state index contributed by atoms with van der Waals surface area (Å²) in [7, 11) is 0. The number of hydrogen-bond donors (Lipinski definition) is 5. The first-order chi connectivity index (χ1) is 31.1. The summed E-state index contributed by atoms with van der Waals surface area (Å²) >= 11 is 1.58. The Kier molecular flexibility index (Phi) is 17.5. The molecule has 16 heteroatoms. The number of amides is 5. The molecule has 3 aliphatic rings. The van der Waals surface area contributed by atoms with Gasteiger partial charge in [-0.25, -0.2) is 10.4 Å². The standard InChI is InChI=1S/C49H71N9O6S/c1-7-22-51-54-46(62)38-16-18-39(19-17-38)56-27-25-55(26-28-56)30-35-20-23-57(24-21-35)43(61)11-9-8-10-42(60)53-45(49(4,5)6)48(64)58-31-40(59)29-41(58)47(63)52-33(2)36-12-14-37(15-13-36)44-34(3)50-32-65-44/h12-19,32-33,35,40-41,45,51,59H,7-11,20-31H2,1-6H3,(H,52,63)(H,53,60)(H,54,62)/t33-,40+,41-,45+/m0/s1. The van der Waals surface area contributed by atoms with Crippen molar-refractivity contribution in [2.45, 2.75) is 117 Å². The maximum atomic E-state index is 14.1. The van der Waals surface area contributed by atoms with Crippen LogP contribution >= 0.6 is 11.3 Å². The number of piperidine rings is 1. The highest BCUT2D eigenvalue weighted by molar-refractivity contribution is 7.13. The van der Waals surface area contributed by atoms with Gasteiger partial charge >= 0.3 is 0 Å². The molecule has 0 saturated carbocycles. The number of aromatic nitrogens is 1. The lowest BCUT2D eigenvalue weighted by Crippen LogP contribution is -2.57. The maximum absolute atomic E-state index is 14.1. The first-order valence-corrected chi connectivity index (χ1v) is 24.5. The quantitative estimate of drug-likeness (QED) is 0.0857. The molecule has 0 spiro atoms. The molecule has 0 bridgehead atoms. The normalized spacial score (nSPS) is 19.5. The Morgan fingerprint density at radius 1 is 0.892 bits per heavy atom. The Bertz CT molecular complexity index is 2060. The number of nitrogens with zero attached hydrogens (tertiary/aromatic N) is 5. The Morgan fingerprint density at radius 3 is 2.20 bits per heavy atom. The van der Waals surface area contributed by atoms with Crippen LogP contribution in [0.1, 0.15) is 114 Å². The number of carbonyl (C=O) groups excluding carboxylic acids is 5. The minimum Gasteiger partial charge on any atom is -0.391 e. The third-order valence-electron chi connectivity index (χ3n) is 13.0. The Balaban J connectivity index is 0.884. The van der Waals surface area contributed by atoms with Crippen molar-refractivity contribution >= 4 is 46.6 Å². The SMILES string of the molecule is CCCNNC(=O)c1ccc(N2CCN(CC3CCN(C(=O)CCCCC(=O)N[C@H](C(=O)N4C[C@H](O)C[C@H]4C(=O)N[C@@H](C)c4ccc(-c5scnc5C)cc4)C(C)(C)C)CC3)CC2)cc1. The van der Waals surface area contributed by atoms with E-state index in [4.69, 9.17) is 0 Å². The zero-order chi connectivity index (χ0) is 46.7. The maximum Gasteiger partial charge on any atom is 0.265 e. The van der Waals surface area contributed by atoms with Gasteiger partial charge in [0.2, 0.25) is 23.6 Å². The molecule has 4 heterocycles. The molecular formula is C49H71N9O6S. The van der Waals surface area contributed by atoms with Crippen molar-refractivity contribution in [3.05, 3.63) is 70.9 Å². The fraction of sp³-hybridized carbons (Fsp3) is 0.592. The smallest absolute Gasteiger partial charge is 0.265 e. The van der Waals surface area contributed by atoms with Gasteiger partial charge in [0.1, 0.15) is 12.1 Å². The Morgan fingerprint density at radius 2 is 1.57 bits per heavy atom. The summed E-state index contributed by atoms with van der Waals surface area (Å²) in [6.45, 7) is 18.6. The molecule has 65 heavy (non-hydrogen) atoms. The topological polar surface area (TPSA) is 180 Å². The molecule has 0 radical (unpaired) electrons. The van der Waals surface area contributed by atoms with E-state index in [9.17, 15) is 29.1 Å². The molecule has 0 aliphatic carbocycles. The molecule has 15 nitrogen and oxygen atoms in total. The summed E-state index contributed by atoms with van der Waals surface area (Å²) in [5.74, 6) is -0.490. The van der Waals surface area contributed by atoms with E-state index in [1.54, 1.807) is 11.3 Å². The second kappa shape index (κ2) is 23.0. The van der Waals surface area contributed by atoms with Crippen LogP contribution < -0.4 is 26.4 Å². The Hall–Kier alpha value is -4.90. The number of benzene rings is 2. The number of carbonyl (C=O) groups is 5. The van der Waals surface area contributed by atoms with Crippen LogP contribution in [0.4, 0.5) is 5.69 Å². The number of piperazine rings is 1. The van der Waals surface area contributed by atoms with Crippen molar-refractivity contribution < 1.29 is 29.1 Å². The van der Waals surface area contributed by atoms with Gasteiger partial charge in [-0.1, -0.05) is 52.0 Å². The molecule has 3 fully saturated rings. The number of β-amino-alcohol motifs (C(OH)–C–C–N with tert-alkyl or cyclic N) is 1. The van der Waals surface area contributed by atoms with E-state index >= 15 is 0 Å². The molecule has 3 aromatic rings. The van der Waals surface area contributed by atoms with Gasteiger partial charge in [0.25, 0.3) is 5.91 Å². The molecule has 5 N–H and O–H groups in total.